The molecule has 0 aliphatic carbocycles. The maximum atomic E-state index is 12.0. The van der Waals surface area contributed by atoms with Crippen LogP contribution in [0.2, 0.25) is 0 Å². The number of carbonyl (C=O) groups is 1. The number of para-hydroxylation sites is 1. The summed E-state index contributed by atoms with van der Waals surface area (Å²) in [6.07, 6.45) is 0. The third-order valence-corrected chi connectivity index (χ3v) is 2.79. The van der Waals surface area contributed by atoms with E-state index in [1.54, 1.807) is 42.5 Å². The molecule has 0 bridgehead atoms. The van der Waals surface area contributed by atoms with Crippen molar-refractivity contribution in [1.29, 1.82) is 0 Å². The molecular formula is C14H12N2O2S. The molecule has 0 unspecified atom stereocenters. The molecule has 0 atom stereocenters. The number of thiocarbonyl (C=S) groups is 1. The van der Waals surface area contributed by atoms with Crippen molar-refractivity contribution in [1.82, 2.24) is 0 Å². The molecular weight excluding hydrogens is 260 g/mol. The predicted molar refractivity (Wildman–Crippen MR) is 78.4 cm³/mol. The molecule has 2 aromatic rings. The van der Waals surface area contributed by atoms with Crippen molar-refractivity contribution in [2.24, 2.45) is 5.73 Å². The lowest BCUT2D eigenvalue weighted by Gasteiger charge is -2.08. The van der Waals surface area contributed by atoms with Gasteiger partial charge >= 0.3 is 0 Å². The van der Waals surface area contributed by atoms with Gasteiger partial charge in [0, 0.05) is 11.3 Å². The Morgan fingerprint density at radius 2 is 1.89 bits per heavy atom. The fraction of sp³-hybridized carbons (Fsp3) is 0. The monoisotopic (exact) mass is 272 g/mol. The summed E-state index contributed by atoms with van der Waals surface area (Å²) in [7, 11) is 0. The lowest BCUT2D eigenvalue weighted by molar-refractivity contribution is 0.102. The number of benzene rings is 2. The molecule has 0 fully saturated rings. The number of anilines is 1. The number of carbonyl (C=O) groups excluding carboxylic acids is 1. The lowest BCUT2D eigenvalue weighted by Crippen LogP contribution is -2.14. The zero-order valence-electron chi connectivity index (χ0n) is 9.96. The van der Waals surface area contributed by atoms with Crippen LogP contribution in [0.1, 0.15) is 15.9 Å². The van der Waals surface area contributed by atoms with Crippen molar-refractivity contribution in [3.63, 3.8) is 0 Å². The molecule has 0 saturated carbocycles. The average molecular weight is 272 g/mol. The summed E-state index contributed by atoms with van der Waals surface area (Å²) >= 11 is 4.87. The van der Waals surface area contributed by atoms with Crippen LogP contribution in [0.5, 0.6) is 5.75 Å². The summed E-state index contributed by atoms with van der Waals surface area (Å²) in [6.45, 7) is 0. The summed E-state index contributed by atoms with van der Waals surface area (Å²) in [5.41, 5.74) is 6.98. The van der Waals surface area contributed by atoms with Crippen LogP contribution in [0, 0.1) is 0 Å². The number of amides is 1. The summed E-state index contributed by atoms with van der Waals surface area (Å²) in [5.74, 6) is -0.455. The third-order valence-electron chi connectivity index (χ3n) is 2.55. The number of phenolic OH excluding ortho intramolecular Hbond substituents is 1. The lowest BCUT2D eigenvalue weighted by atomic mass is 10.1. The van der Waals surface area contributed by atoms with Crippen LogP contribution in [0.25, 0.3) is 0 Å². The van der Waals surface area contributed by atoms with Gasteiger partial charge in [-0.25, -0.2) is 0 Å². The van der Waals surface area contributed by atoms with E-state index in [0.29, 0.717) is 11.3 Å². The number of hydrogen-bond acceptors (Lipinski definition) is 3. The topological polar surface area (TPSA) is 75.3 Å². The molecule has 4 N–H and O–H groups in total. The van der Waals surface area contributed by atoms with Crippen LogP contribution < -0.4 is 11.1 Å². The maximum absolute atomic E-state index is 12.0. The Balaban J connectivity index is 2.22. The summed E-state index contributed by atoms with van der Waals surface area (Å²) < 4.78 is 0. The molecule has 1 amide bonds. The second kappa shape index (κ2) is 5.49. The molecule has 0 saturated heterocycles. The van der Waals surface area contributed by atoms with Crippen molar-refractivity contribution < 1.29 is 9.90 Å². The van der Waals surface area contributed by atoms with Gasteiger partial charge < -0.3 is 16.2 Å². The molecule has 19 heavy (non-hydrogen) atoms. The van der Waals surface area contributed by atoms with Gasteiger partial charge in [-0.3, -0.25) is 4.79 Å². The Bertz CT molecular complexity index is 641. The van der Waals surface area contributed by atoms with Gasteiger partial charge in [-0.15, -0.1) is 0 Å². The van der Waals surface area contributed by atoms with Gasteiger partial charge in [0.05, 0.1) is 5.56 Å². The molecule has 2 rings (SSSR count). The zero-order chi connectivity index (χ0) is 13.8. The fourth-order valence-corrected chi connectivity index (χ4v) is 1.74. The highest BCUT2D eigenvalue weighted by molar-refractivity contribution is 7.80. The Labute approximate surface area is 115 Å². The minimum absolute atomic E-state index is 0.0644. The molecule has 0 radical (unpaired) electrons. The highest BCUT2D eigenvalue weighted by atomic mass is 32.1. The van der Waals surface area contributed by atoms with Gasteiger partial charge in [-0.05, 0) is 24.3 Å². The minimum atomic E-state index is -0.391. The largest absolute Gasteiger partial charge is 0.507 e. The van der Waals surface area contributed by atoms with E-state index in [1.807, 2.05) is 0 Å². The van der Waals surface area contributed by atoms with Crippen molar-refractivity contribution in [3.05, 3.63) is 59.7 Å². The Morgan fingerprint density at radius 1 is 1.16 bits per heavy atom. The van der Waals surface area contributed by atoms with Gasteiger partial charge in [0.15, 0.2) is 0 Å². The van der Waals surface area contributed by atoms with E-state index < -0.39 is 5.91 Å². The zero-order valence-corrected chi connectivity index (χ0v) is 10.8. The first-order valence-electron chi connectivity index (χ1n) is 5.57. The van der Waals surface area contributed by atoms with Crippen LogP contribution in [-0.2, 0) is 0 Å². The second-order valence-electron chi connectivity index (χ2n) is 3.92. The highest BCUT2D eigenvalue weighted by Gasteiger charge is 2.10. The van der Waals surface area contributed by atoms with E-state index >= 15 is 0 Å². The molecule has 2 aromatic carbocycles. The predicted octanol–water partition coefficient (Wildman–Crippen LogP) is 2.28. The van der Waals surface area contributed by atoms with E-state index in [4.69, 9.17) is 18.0 Å². The molecule has 0 aromatic heterocycles. The fourth-order valence-electron chi connectivity index (χ4n) is 1.61. The molecule has 96 valence electrons. The van der Waals surface area contributed by atoms with E-state index in [2.05, 4.69) is 5.32 Å². The number of nitrogens with one attached hydrogen (secondary N) is 1. The van der Waals surface area contributed by atoms with Crippen LogP contribution in [0.4, 0.5) is 5.69 Å². The van der Waals surface area contributed by atoms with Gasteiger partial charge in [0.2, 0.25) is 0 Å². The SMILES string of the molecule is NC(=S)c1cccc(NC(=O)c2ccccc2O)c1. The third kappa shape index (κ3) is 3.08. The number of rotatable bonds is 3. The number of phenols is 1. The van der Waals surface area contributed by atoms with Gasteiger partial charge in [0.1, 0.15) is 10.7 Å². The Hall–Kier alpha value is -2.40. The van der Waals surface area contributed by atoms with Crippen LogP contribution in [0.15, 0.2) is 48.5 Å². The Morgan fingerprint density at radius 3 is 2.58 bits per heavy atom. The van der Waals surface area contributed by atoms with Crippen LogP contribution in [-0.4, -0.2) is 16.0 Å². The van der Waals surface area contributed by atoms with Crippen molar-refractivity contribution in [2.75, 3.05) is 5.32 Å². The van der Waals surface area contributed by atoms with E-state index in [1.165, 1.54) is 6.07 Å². The summed E-state index contributed by atoms with van der Waals surface area (Å²) in [4.78, 5) is 12.2. The van der Waals surface area contributed by atoms with Gasteiger partial charge in [-0.2, -0.15) is 0 Å². The van der Waals surface area contributed by atoms with E-state index in [9.17, 15) is 9.90 Å². The average Bonchev–Trinajstić information content (AvgIpc) is 2.39. The molecule has 4 nitrogen and oxygen atoms in total. The van der Waals surface area contributed by atoms with Crippen LogP contribution in [0.3, 0.4) is 0 Å². The van der Waals surface area contributed by atoms with Gasteiger partial charge in [-0.1, -0.05) is 36.5 Å². The Kier molecular flexibility index (Phi) is 3.77. The number of hydrogen-bond donors (Lipinski definition) is 3. The number of aromatic hydroxyl groups is 1. The van der Waals surface area contributed by atoms with Crippen LogP contribution >= 0.6 is 12.2 Å². The van der Waals surface area contributed by atoms with Crippen molar-refractivity contribution in [3.8, 4) is 5.75 Å². The molecule has 0 spiro atoms. The first kappa shape index (κ1) is 13.0. The normalized spacial score (nSPS) is 9.89. The number of nitrogens with two attached hydrogens (primary N) is 1. The molecule has 0 heterocycles. The van der Waals surface area contributed by atoms with Crippen molar-refractivity contribution in [2.45, 2.75) is 0 Å². The minimum Gasteiger partial charge on any atom is -0.507 e. The van der Waals surface area contributed by atoms with E-state index in [-0.39, 0.29) is 16.3 Å². The first-order chi connectivity index (χ1) is 9.08. The van der Waals surface area contributed by atoms with Crippen molar-refractivity contribution >= 4 is 28.8 Å². The molecule has 5 heteroatoms. The quantitative estimate of drug-likeness (QED) is 0.749. The van der Waals surface area contributed by atoms with E-state index in [0.717, 1.165) is 0 Å². The standard InChI is InChI=1S/C14H12N2O2S/c15-13(19)9-4-3-5-10(8-9)16-14(18)11-6-1-2-7-12(11)17/h1-8,17H,(H2,15,19)(H,16,18). The molecule has 0 aliphatic rings. The summed E-state index contributed by atoms with van der Waals surface area (Å²) in [5, 5.41) is 12.3. The smallest absolute Gasteiger partial charge is 0.259 e. The molecule has 0 aliphatic heterocycles. The summed E-state index contributed by atoms with van der Waals surface area (Å²) in [6, 6.07) is 13.2. The highest BCUT2D eigenvalue weighted by Crippen LogP contribution is 2.18. The van der Waals surface area contributed by atoms with Gasteiger partial charge in [0.25, 0.3) is 5.91 Å². The first-order valence-corrected chi connectivity index (χ1v) is 5.98. The second-order valence-corrected chi connectivity index (χ2v) is 4.36. The maximum Gasteiger partial charge on any atom is 0.259 e.